The first-order valence-electron chi connectivity index (χ1n) is 6.58. The molecule has 1 saturated heterocycles. The number of hydrogen-bond donors (Lipinski definition) is 0. The van der Waals surface area contributed by atoms with E-state index in [-0.39, 0.29) is 0 Å². The lowest BCUT2D eigenvalue weighted by Crippen LogP contribution is -2.48. The fourth-order valence-corrected chi connectivity index (χ4v) is 2.60. The van der Waals surface area contributed by atoms with Crippen molar-refractivity contribution in [2.24, 2.45) is 0 Å². The van der Waals surface area contributed by atoms with Crippen molar-refractivity contribution < 1.29 is 0 Å². The van der Waals surface area contributed by atoms with Gasteiger partial charge in [0.05, 0.1) is 0 Å². The van der Waals surface area contributed by atoms with Crippen LogP contribution in [0.1, 0.15) is 11.6 Å². The van der Waals surface area contributed by atoms with Gasteiger partial charge in [-0.2, -0.15) is 0 Å². The van der Waals surface area contributed by atoms with Crippen LogP contribution in [-0.2, 0) is 0 Å². The van der Waals surface area contributed by atoms with Gasteiger partial charge in [-0.15, -0.1) is 13.2 Å². The Kier molecular flexibility index (Phi) is 4.73. The lowest BCUT2D eigenvalue weighted by molar-refractivity contribution is 0.0916. The molecule has 1 atom stereocenters. The minimum atomic E-state index is 0.470. The van der Waals surface area contributed by atoms with Gasteiger partial charge in [-0.3, -0.25) is 9.80 Å². The highest BCUT2D eigenvalue weighted by molar-refractivity contribution is 5.20. The molecule has 1 aliphatic heterocycles. The molecule has 0 spiro atoms. The molecular weight excluding hydrogens is 220 g/mol. The van der Waals surface area contributed by atoms with Crippen LogP contribution in [0, 0.1) is 0 Å². The minimum absolute atomic E-state index is 0.470. The van der Waals surface area contributed by atoms with Gasteiger partial charge in [0, 0.05) is 38.8 Å². The molecule has 0 saturated carbocycles. The van der Waals surface area contributed by atoms with Crippen molar-refractivity contribution in [1.82, 2.24) is 9.80 Å². The molecule has 0 N–H and O–H groups in total. The number of piperazine rings is 1. The molecule has 1 aromatic carbocycles. The normalized spacial score (nSPS) is 21.7. The molecule has 2 heteroatoms. The number of rotatable bonds is 5. The Bertz CT molecular complexity index is 385. The van der Waals surface area contributed by atoms with Crippen molar-refractivity contribution in [3.05, 3.63) is 61.2 Å². The van der Waals surface area contributed by atoms with E-state index in [2.05, 4.69) is 53.3 Å². The maximum atomic E-state index is 3.87. The Morgan fingerprint density at radius 1 is 1.06 bits per heavy atom. The van der Waals surface area contributed by atoms with Gasteiger partial charge in [-0.1, -0.05) is 42.5 Å². The van der Waals surface area contributed by atoms with Crippen LogP contribution in [0.4, 0.5) is 0 Å². The second kappa shape index (κ2) is 6.53. The average molecular weight is 242 g/mol. The molecule has 1 fully saturated rings. The SMILES string of the molecule is C=CCN1CCN(CC=C)C(c2ccccc2)C1. The van der Waals surface area contributed by atoms with Crippen LogP contribution in [0.5, 0.6) is 0 Å². The van der Waals surface area contributed by atoms with E-state index in [4.69, 9.17) is 0 Å². The second-order valence-corrected chi connectivity index (χ2v) is 4.76. The van der Waals surface area contributed by atoms with E-state index in [9.17, 15) is 0 Å². The van der Waals surface area contributed by atoms with Crippen LogP contribution in [0.25, 0.3) is 0 Å². The molecule has 2 rings (SSSR count). The molecule has 0 bridgehead atoms. The largest absolute Gasteiger partial charge is 0.297 e. The summed E-state index contributed by atoms with van der Waals surface area (Å²) >= 11 is 0. The Balaban J connectivity index is 2.14. The van der Waals surface area contributed by atoms with Gasteiger partial charge in [0.25, 0.3) is 0 Å². The van der Waals surface area contributed by atoms with Crippen molar-refractivity contribution in [1.29, 1.82) is 0 Å². The van der Waals surface area contributed by atoms with Gasteiger partial charge in [0.2, 0.25) is 0 Å². The summed E-state index contributed by atoms with van der Waals surface area (Å²) in [6.45, 7) is 12.9. The summed E-state index contributed by atoms with van der Waals surface area (Å²) < 4.78 is 0. The summed E-state index contributed by atoms with van der Waals surface area (Å²) in [4.78, 5) is 4.96. The number of hydrogen-bond acceptors (Lipinski definition) is 2. The Hall–Kier alpha value is -1.38. The summed E-state index contributed by atoms with van der Waals surface area (Å²) in [6.07, 6.45) is 3.99. The molecule has 18 heavy (non-hydrogen) atoms. The van der Waals surface area contributed by atoms with E-state index < -0.39 is 0 Å². The molecule has 0 radical (unpaired) electrons. The topological polar surface area (TPSA) is 6.48 Å². The monoisotopic (exact) mass is 242 g/mol. The van der Waals surface area contributed by atoms with Gasteiger partial charge in [0.1, 0.15) is 0 Å². The number of benzene rings is 1. The van der Waals surface area contributed by atoms with Gasteiger partial charge in [-0.25, -0.2) is 0 Å². The first kappa shape index (κ1) is 13.1. The summed E-state index contributed by atoms with van der Waals surface area (Å²) in [5.41, 5.74) is 1.40. The highest BCUT2D eigenvalue weighted by Crippen LogP contribution is 2.24. The van der Waals surface area contributed by atoms with Crippen molar-refractivity contribution in [2.45, 2.75) is 6.04 Å². The quantitative estimate of drug-likeness (QED) is 0.733. The van der Waals surface area contributed by atoms with E-state index in [1.54, 1.807) is 0 Å². The average Bonchev–Trinajstić information content (AvgIpc) is 2.42. The Labute approximate surface area is 110 Å². The van der Waals surface area contributed by atoms with E-state index in [1.165, 1.54) is 5.56 Å². The summed E-state index contributed by atoms with van der Waals surface area (Å²) in [6, 6.07) is 11.2. The predicted molar refractivity (Wildman–Crippen MR) is 77.6 cm³/mol. The van der Waals surface area contributed by atoms with Crippen LogP contribution in [-0.4, -0.2) is 42.5 Å². The molecule has 0 amide bonds. The third kappa shape index (κ3) is 3.09. The molecule has 96 valence electrons. The van der Waals surface area contributed by atoms with Gasteiger partial charge < -0.3 is 0 Å². The molecule has 1 heterocycles. The summed E-state index contributed by atoms with van der Waals surface area (Å²) in [5, 5.41) is 0. The third-order valence-corrected chi connectivity index (χ3v) is 3.51. The highest BCUT2D eigenvalue weighted by Gasteiger charge is 2.26. The molecule has 0 aliphatic carbocycles. The highest BCUT2D eigenvalue weighted by atomic mass is 15.3. The first-order valence-corrected chi connectivity index (χ1v) is 6.58. The van der Waals surface area contributed by atoms with Gasteiger partial charge in [-0.05, 0) is 5.56 Å². The first-order chi connectivity index (χ1) is 8.85. The standard InChI is InChI=1S/C16H22N2/c1-3-10-17-12-13-18(11-4-2)16(14-17)15-8-6-5-7-9-15/h3-9,16H,1-2,10-14H2. The van der Waals surface area contributed by atoms with Gasteiger partial charge in [0.15, 0.2) is 0 Å². The van der Waals surface area contributed by atoms with Crippen molar-refractivity contribution in [3.8, 4) is 0 Å². The van der Waals surface area contributed by atoms with Crippen molar-refractivity contribution in [3.63, 3.8) is 0 Å². The molecule has 0 aromatic heterocycles. The van der Waals surface area contributed by atoms with E-state index in [0.29, 0.717) is 6.04 Å². The fourth-order valence-electron chi connectivity index (χ4n) is 2.60. The zero-order valence-electron chi connectivity index (χ0n) is 11.0. The predicted octanol–water partition coefficient (Wildman–Crippen LogP) is 2.72. The zero-order valence-corrected chi connectivity index (χ0v) is 11.0. The van der Waals surface area contributed by atoms with E-state index in [0.717, 1.165) is 32.7 Å². The zero-order chi connectivity index (χ0) is 12.8. The smallest absolute Gasteiger partial charge is 0.0479 e. The van der Waals surface area contributed by atoms with Crippen molar-refractivity contribution in [2.75, 3.05) is 32.7 Å². The molecule has 1 aromatic rings. The van der Waals surface area contributed by atoms with Gasteiger partial charge >= 0.3 is 0 Å². The van der Waals surface area contributed by atoms with Crippen LogP contribution in [0.2, 0.25) is 0 Å². The van der Waals surface area contributed by atoms with Crippen LogP contribution >= 0.6 is 0 Å². The maximum absolute atomic E-state index is 3.87. The van der Waals surface area contributed by atoms with Crippen molar-refractivity contribution >= 4 is 0 Å². The lowest BCUT2D eigenvalue weighted by Gasteiger charge is -2.41. The summed E-state index contributed by atoms with van der Waals surface area (Å²) in [5.74, 6) is 0. The third-order valence-electron chi connectivity index (χ3n) is 3.51. The number of nitrogens with zero attached hydrogens (tertiary/aromatic N) is 2. The van der Waals surface area contributed by atoms with E-state index in [1.807, 2.05) is 12.2 Å². The van der Waals surface area contributed by atoms with Crippen LogP contribution in [0.3, 0.4) is 0 Å². The fraction of sp³-hybridized carbons (Fsp3) is 0.375. The van der Waals surface area contributed by atoms with Crippen LogP contribution in [0.15, 0.2) is 55.6 Å². The molecular formula is C16H22N2. The maximum Gasteiger partial charge on any atom is 0.0479 e. The van der Waals surface area contributed by atoms with E-state index >= 15 is 0 Å². The lowest BCUT2D eigenvalue weighted by atomic mass is 10.0. The van der Waals surface area contributed by atoms with Crippen LogP contribution < -0.4 is 0 Å². The Morgan fingerprint density at radius 3 is 2.44 bits per heavy atom. The minimum Gasteiger partial charge on any atom is -0.297 e. The molecule has 1 unspecified atom stereocenters. The summed E-state index contributed by atoms with van der Waals surface area (Å²) in [7, 11) is 0. The second-order valence-electron chi connectivity index (χ2n) is 4.76. The Morgan fingerprint density at radius 2 is 1.78 bits per heavy atom. The molecule has 2 nitrogen and oxygen atoms in total. The molecule has 1 aliphatic rings.